The van der Waals surface area contributed by atoms with Crippen LogP contribution in [0.3, 0.4) is 0 Å². The molecule has 0 bridgehead atoms. The average molecular weight is 383 g/mol. The van der Waals surface area contributed by atoms with Crippen LogP contribution in [-0.2, 0) is 14.8 Å². The molecule has 1 amide bonds. The van der Waals surface area contributed by atoms with Gasteiger partial charge in [-0.25, -0.2) is 8.42 Å². The molecule has 7 heteroatoms. The van der Waals surface area contributed by atoms with E-state index in [-0.39, 0.29) is 22.6 Å². The van der Waals surface area contributed by atoms with Crippen molar-refractivity contribution in [2.75, 3.05) is 26.7 Å². The molecule has 0 aliphatic carbocycles. The number of hydrogen-bond donors (Lipinski definition) is 1. The Hall–Kier alpha value is -1.60. The molecule has 0 saturated carbocycles. The maximum Gasteiger partial charge on any atom is 0.243 e. The minimum atomic E-state index is -3.52. The van der Waals surface area contributed by atoms with Gasteiger partial charge in [0, 0.05) is 26.1 Å². The van der Waals surface area contributed by atoms with E-state index >= 15 is 0 Å². The smallest absolute Gasteiger partial charge is 0.243 e. The molecule has 146 valence electrons. The van der Waals surface area contributed by atoms with Crippen molar-refractivity contribution in [1.82, 2.24) is 9.62 Å². The van der Waals surface area contributed by atoms with E-state index in [0.29, 0.717) is 38.2 Å². The number of methoxy groups -OCH3 is 1. The van der Waals surface area contributed by atoms with Crippen molar-refractivity contribution >= 4 is 15.9 Å². The number of nitrogens with one attached hydrogen (secondary N) is 1. The zero-order valence-electron chi connectivity index (χ0n) is 15.9. The first kappa shape index (κ1) is 20.7. The standard InChI is InChI=1S/C19H30N2O4S/c1-4-11-20-19(22)13-16-10-12-21(14-15(16)5-2)26(23,24)18-8-6-17(25-3)7-9-18/h6-9,15-16H,4-5,10-14H2,1-3H3,(H,20,22)/t15-,16-/m0/s1. The fourth-order valence-corrected chi connectivity index (χ4v) is 4.98. The van der Waals surface area contributed by atoms with Crippen LogP contribution >= 0.6 is 0 Å². The van der Waals surface area contributed by atoms with Crippen molar-refractivity contribution in [2.24, 2.45) is 11.8 Å². The molecule has 6 nitrogen and oxygen atoms in total. The van der Waals surface area contributed by atoms with E-state index in [1.807, 2.05) is 6.92 Å². The van der Waals surface area contributed by atoms with Crippen LogP contribution in [0.2, 0.25) is 0 Å². The van der Waals surface area contributed by atoms with E-state index in [0.717, 1.165) is 12.8 Å². The van der Waals surface area contributed by atoms with Gasteiger partial charge in [0.25, 0.3) is 0 Å². The number of amides is 1. The fraction of sp³-hybridized carbons (Fsp3) is 0.632. The number of hydrogen-bond acceptors (Lipinski definition) is 4. The van der Waals surface area contributed by atoms with Gasteiger partial charge in [-0.3, -0.25) is 4.79 Å². The molecule has 1 aliphatic heterocycles. The van der Waals surface area contributed by atoms with Crippen LogP contribution in [0.5, 0.6) is 5.75 Å². The molecule has 1 aliphatic rings. The van der Waals surface area contributed by atoms with Crippen LogP contribution in [0.25, 0.3) is 0 Å². The van der Waals surface area contributed by atoms with Crippen molar-refractivity contribution in [3.05, 3.63) is 24.3 Å². The normalized spacial score (nSPS) is 21.3. The van der Waals surface area contributed by atoms with Gasteiger partial charge in [-0.05, 0) is 48.9 Å². The number of nitrogens with zero attached hydrogens (tertiary/aromatic N) is 1. The number of rotatable bonds is 8. The predicted molar refractivity (Wildman–Crippen MR) is 102 cm³/mol. The molecule has 0 aromatic heterocycles. The molecule has 26 heavy (non-hydrogen) atoms. The highest BCUT2D eigenvalue weighted by atomic mass is 32.2. The Bertz CT molecular complexity index is 688. The maximum absolute atomic E-state index is 12.9. The summed E-state index contributed by atoms with van der Waals surface area (Å²) in [5.41, 5.74) is 0. The second-order valence-corrected chi connectivity index (χ2v) is 8.75. The summed E-state index contributed by atoms with van der Waals surface area (Å²) in [6, 6.07) is 6.49. The zero-order valence-corrected chi connectivity index (χ0v) is 16.7. The molecule has 1 aromatic carbocycles. The van der Waals surface area contributed by atoms with Crippen LogP contribution in [-0.4, -0.2) is 45.4 Å². The topological polar surface area (TPSA) is 75.7 Å². The Balaban J connectivity index is 2.05. The summed E-state index contributed by atoms with van der Waals surface area (Å²) in [5, 5.41) is 2.92. The molecule has 0 unspecified atom stereocenters. The van der Waals surface area contributed by atoms with Gasteiger partial charge in [0.2, 0.25) is 15.9 Å². The number of ether oxygens (including phenoxy) is 1. The van der Waals surface area contributed by atoms with E-state index in [1.165, 1.54) is 0 Å². The third kappa shape index (κ3) is 4.98. The summed E-state index contributed by atoms with van der Waals surface area (Å²) in [7, 11) is -1.97. The van der Waals surface area contributed by atoms with Gasteiger partial charge in [-0.1, -0.05) is 20.3 Å². The first-order chi connectivity index (χ1) is 12.4. The summed E-state index contributed by atoms with van der Waals surface area (Å²) in [6.07, 6.45) is 2.98. The molecular weight excluding hydrogens is 352 g/mol. The molecule has 2 rings (SSSR count). The fourth-order valence-electron chi connectivity index (χ4n) is 3.47. The molecule has 1 saturated heterocycles. The summed E-state index contributed by atoms with van der Waals surface area (Å²) in [5.74, 6) is 1.14. The maximum atomic E-state index is 12.9. The van der Waals surface area contributed by atoms with Crippen molar-refractivity contribution in [3.8, 4) is 5.75 Å². The third-order valence-corrected chi connectivity index (χ3v) is 6.97. The Kier molecular flexibility index (Phi) is 7.46. The number of carbonyl (C=O) groups excluding carboxylic acids is 1. The van der Waals surface area contributed by atoms with E-state index in [2.05, 4.69) is 12.2 Å². The molecule has 2 atom stereocenters. The monoisotopic (exact) mass is 382 g/mol. The lowest BCUT2D eigenvalue weighted by atomic mass is 9.82. The van der Waals surface area contributed by atoms with E-state index in [9.17, 15) is 13.2 Å². The van der Waals surface area contributed by atoms with Gasteiger partial charge >= 0.3 is 0 Å². The number of piperidine rings is 1. The Morgan fingerprint density at radius 1 is 1.23 bits per heavy atom. The largest absolute Gasteiger partial charge is 0.497 e. The van der Waals surface area contributed by atoms with Gasteiger partial charge < -0.3 is 10.1 Å². The zero-order chi connectivity index (χ0) is 19.2. The van der Waals surface area contributed by atoms with E-state index in [1.54, 1.807) is 35.7 Å². The molecule has 0 radical (unpaired) electrons. The summed E-state index contributed by atoms with van der Waals surface area (Å²) in [4.78, 5) is 12.3. The lowest BCUT2D eigenvalue weighted by molar-refractivity contribution is -0.122. The van der Waals surface area contributed by atoms with Gasteiger partial charge in [-0.2, -0.15) is 4.31 Å². The van der Waals surface area contributed by atoms with Crippen molar-refractivity contribution in [1.29, 1.82) is 0 Å². The van der Waals surface area contributed by atoms with Crippen molar-refractivity contribution in [2.45, 2.75) is 44.4 Å². The molecular formula is C19H30N2O4S. The van der Waals surface area contributed by atoms with Crippen molar-refractivity contribution in [3.63, 3.8) is 0 Å². The lowest BCUT2D eigenvalue weighted by Crippen LogP contribution is -2.44. The molecule has 1 heterocycles. The molecule has 1 aromatic rings. The second-order valence-electron chi connectivity index (χ2n) is 6.81. The third-order valence-electron chi connectivity index (χ3n) is 5.10. The van der Waals surface area contributed by atoms with E-state index in [4.69, 9.17) is 4.74 Å². The minimum Gasteiger partial charge on any atom is -0.497 e. The van der Waals surface area contributed by atoms with Crippen molar-refractivity contribution < 1.29 is 17.9 Å². The number of sulfonamides is 1. The van der Waals surface area contributed by atoms with Gasteiger partial charge in [0.1, 0.15) is 5.75 Å². The van der Waals surface area contributed by atoms with Gasteiger partial charge in [-0.15, -0.1) is 0 Å². The first-order valence-corrected chi connectivity index (χ1v) is 10.8. The summed E-state index contributed by atoms with van der Waals surface area (Å²) in [6.45, 7) is 5.70. The molecule has 0 spiro atoms. The Morgan fingerprint density at radius 3 is 2.50 bits per heavy atom. The number of carbonyl (C=O) groups is 1. The Labute approximate surface area is 157 Å². The lowest BCUT2D eigenvalue weighted by Gasteiger charge is -2.37. The Morgan fingerprint density at radius 2 is 1.92 bits per heavy atom. The van der Waals surface area contributed by atoms with Gasteiger partial charge in [0.15, 0.2) is 0 Å². The molecule has 1 fully saturated rings. The first-order valence-electron chi connectivity index (χ1n) is 9.33. The summed E-state index contributed by atoms with van der Waals surface area (Å²) < 4.78 is 32.5. The number of benzene rings is 1. The minimum absolute atomic E-state index is 0.0711. The van der Waals surface area contributed by atoms with Crippen LogP contribution < -0.4 is 10.1 Å². The van der Waals surface area contributed by atoms with E-state index < -0.39 is 10.0 Å². The highest BCUT2D eigenvalue weighted by Crippen LogP contribution is 2.32. The van der Waals surface area contributed by atoms with Crippen LogP contribution in [0.1, 0.15) is 39.5 Å². The second kappa shape index (κ2) is 9.37. The van der Waals surface area contributed by atoms with Gasteiger partial charge in [0.05, 0.1) is 12.0 Å². The highest BCUT2D eigenvalue weighted by molar-refractivity contribution is 7.89. The average Bonchev–Trinajstić information content (AvgIpc) is 2.66. The van der Waals surface area contributed by atoms with Crippen LogP contribution in [0, 0.1) is 11.8 Å². The SMILES string of the molecule is CCCNC(=O)C[C@@H]1CCN(S(=O)(=O)c2ccc(OC)cc2)C[C@@H]1CC. The summed E-state index contributed by atoms with van der Waals surface area (Å²) >= 11 is 0. The van der Waals surface area contributed by atoms with Crippen LogP contribution in [0.4, 0.5) is 0 Å². The molecule has 1 N–H and O–H groups in total. The highest BCUT2D eigenvalue weighted by Gasteiger charge is 2.35. The van der Waals surface area contributed by atoms with Crippen LogP contribution in [0.15, 0.2) is 29.2 Å². The quantitative estimate of drug-likeness (QED) is 0.750. The predicted octanol–water partition coefficient (Wildman–Crippen LogP) is 2.65.